The highest BCUT2D eigenvalue weighted by Crippen LogP contribution is 2.18. The number of nitrogens with one attached hydrogen (secondary N) is 1. The normalized spacial score (nSPS) is 10.7. The highest BCUT2D eigenvalue weighted by Gasteiger charge is 2.08. The first-order chi connectivity index (χ1) is 9.74. The summed E-state index contributed by atoms with van der Waals surface area (Å²) in [5.74, 6) is 0.872. The molecule has 102 valence electrons. The smallest absolute Gasteiger partial charge is 0.138 e. The van der Waals surface area contributed by atoms with Crippen LogP contribution in [0.4, 0.5) is 5.69 Å². The van der Waals surface area contributed by atoms with Crippen LogP contribution in [-0.2, 0) is 6.54 Å². The summed E-state index contributed by atoms with van der Waals surface area (Å²) in [4.78, 5) is 0. The lowest BCUT2D eigenvalue weighted by Gasteiger charge is -2.09. The van der Waals surface area contributed by atoms with E-state index in [0.717, 1.165) is 34.9 Å². The second-order valence-electron chi connectivity index (χ2n) is 4.80. The minimum atomic E-state index is 0.719. The van der Waals surface area contributed by atoms with Gasteiger partial charge in [-0.25, -0.2) is 0 Å². The molecule has 0 saturated carbocycles. The van der Waals surface area contributed by atoms with Gasteiger partial charge in [-0.2, -0.15) is 0 Å². The second kappa shape index (κ2) is 5.25. The van der Waals surface area contributed by atoms with E-state index in [1.54, 1.807) is 0 Å². The van der Waals surface area contributed by atoms with E-state index in [2.05, 4.69) is 33.2 Å². The van der Waals surface area contributed by atoms with E-state index < -0.39 is 0 Å². The number of hydrogen-bond donors (Lipinski definition) is 1. The summed E-state index contributed by atoms with van der Waals surface area (Å²) in [7, 11) is 0. The molecule has 0 amide bonds. The first-order valence-corrected chi connectivity index (χ1v) is 6.63. The summed E-state index contributed by atoms with van der Waals surface area (Å²) >= 11 is 0. The summed E-state index contributed by atoms with van der Waals surface area (Å²) in [5, 5.41) is 7.39. The van der Waals surface area contributed by atoms with E-state index in [4.69, 9.17) is 4.52 Å². The molecule has 0 spiro atoms. The van der Waals surface area contributed by atoms with E-state index >= 15 is 0 Å². The van der Waals surface area contributed by atoms with Crippen molar-refractivity contribution in [2.45, 2.75) is 20.4 Å². The molecular weight excluding hydrogens is 250 g/mol. The molecule has 0 unspecified atom stereocenters. The van der Waals surface area contributed by atoms with Gasteiger partial charge in [-0.05, 0) is 44.2 Å². The van der Waals surface area contributed by atoms with Crippen LogP contribution in [-0.4, -0.2) is 9.72 Å². The van der Waals surface area contributed by atoms with Crippen LogP contribution in [0.25, 0.3) is 5.69 Å². The summed E-state index contributed by atoms with van der Waals surface area (Å²) in [6.45, 7) is 4.62. The van der Waals surface area contributed by atoms with Crippen molar-refractivity contribution in [2.75, 3.05) is 5.32 Å². The number of rotatable bonds is 4. The van der Waals surface area contributed by atoms with Gasteiger partial charge >= 0.3 is 0 Å². The Labute approximate surface area is 118 Å². The van der Waals surface area contributed by atoms with Crippen LogP contribution < -0.4 is 5.32 Å². The fourth-order valence-electron chi connectivity index (χ4n) is 2.23. The van der Waals surface area contributed by atoms with Crippen molar-refractivity contribution < 1.29 is 4.52 Å². The van der Waals surface area contributed by atoms with Crippen LogP contribution in [0.1, 0.15) is 17.0 Å². The molecule has 0 aliphatic rings. The molecule has 3 aromatic rings. The molecule has 0 atom stereocenters. The topological polar surface area (TPSA) is 43.0 Å². The van der Waals surface area contributed by atoms with Gasteiger partial charge < -0.3 is 14.4 Å². The van der Waals surface area contributed by atoms with Gasteiger partial charge in [-0.3, -0.25) is 0 Å². The Morgan fingerprint density at radius 1 is 1.15 bits per heavy atom. The predicted molar refractivity (Wildman–Crippen MR) is 79.1 cm³/mol. The Hall–Kier alpha value is -2.49. The van der Waals surface area contributed by atoms with Gasteiger partial charge in [0.05, 0.1) is 5.69 Å². The van der Waals surface area contributed by atoms with Gasteiger partial charge in [0.15, 0.2) is 0 Å². The summed E-state index contributed by atoms with van der Waals surface area (Å²) in [6.07, 6.45) is 4.07. The quantitative estimate of drug-likeness (QED) is 0.784. The number of aromatic nitrogens is 2. The molecule has 0 radical (unpaired) electrons. The largest absolute Gasteiger partial charge is 0.381 e. The molecule has 1 N–H and O–H groups in total. The van der Waals surface area contributed by atoms with E-state index in [1.807, 2.05) is 44.4 Å². The first kappa shape index (κ1) is 12.5. The van der Waals surface area contributed by atoms with Crippen molar-refractivity contribution in [1.82, 2.24) is 9.72 Å². The van der Waals surface area contributed by atoms with E-state index in [0.29, 0.717) is 0 Å². The Morgan fingerprint density at radius 3 is 2.65 bits per heavy atom. The number of nitrogens with zero attached hydrogens (tertiary/aromatic N) is 2. The third-order valence-electron chi connectivity index (χ3n) is 3.40. The zero-order chi connectivity index (χ0) is 13.9. The molecule has 3 rings (SSSR count). The number of anilines is 1. The molecule has 2 heterocycles. The number of aryl methyl sites for hydroxylation is 2. The molecule has 20 heavy (non-hydrogen) atoms. The number of benzene rings is 1. The monoisotopic (exact) mass is 267 g/mol. The summed E-state index contributed by atoms with van der Waals surface area (Å²) in [6, 6.07) is 12.4. The van der Waals surface area contributed by atoms with Gasteiger partial charge in [-0.15, -0.1) is 0 Å². The van der Waals surface area contributed by atoms with Crippen LogP contribution in [0.3, 0.4) is 0 Å². The van der Waals surface area contributed by atoms with Crippen LogP contribution in [0.5, 0.6) is 0 Å². The lowest BCUT2D eigenvalue weighted by Crippen LogP contribution is -2.02. The van der Waals surface area contributed by atoms with Crippen LogP contribution in [0.15, 0.2) is 53.3 Å². The summed E-state index contributed by atoms with van der Waals surface area (Å²) < 4.78 is 7.26. The maximum Gasteiger partial charge on any atom is 0.138 e. The van der Waals surface area contributed by atoms with Gasteiger partial charge in [0.2, 0.25) is 0 Å². The highest BCUT2D eigenvalue weighted by atomic mass is 16.5. The third-order valence-corrected chi connectivity index (χ3v) is 3.40. The molecule has 4 nitrogen and oxygen atoms in total. The molecule has 0 fully saturated rings. The maximum atomic E-state index is 5.17. The van der Waals surface area contributed by atoms with Crippen molar-refractivity contribution >= 4 is 5.69 Å². The molecule has 0 aliphatic heterocycles. The molecule has 4 heteroatoms. The van der Waals surface area contributed by atoms with Gasteiger partial charge in [0.25, 0.3) is 0 Å². The molecule has 2 aromatic heterocycles. The predicted octanol–water partition coefficient (Wildman–Crippen LogP) is 3.69. The second-order valence-corrected chi connectivity index (χ2v) is 4.80. The average molecular weight is 267 g/mol. The zero-order valence-corrected chi connectivity index (χ0v) is 11.6. The van der Waals surface area contributed by atoms with Gasteiger partial charge in [0, 0.05) is 35.9 Å². The molecule has 0 saturated heterocycles. The summed E-state index contributed by atoms with van der Waals surface area (Å²) in [5.41, 5.74) is 4.28. The van der Waals surface area contributed by atoms with Crippen LogP contribution in [0, 0.1) is 13.8 Å². The zero-order valence-electron chi connectivity index (χ0n) is 11.6. The Kier molecular flexibility index (Phi) is 3.29. The van der Waals surface area contributed by atoms with E-state index in [-0.39, 0.29) is 0 Å². The Bertz CT molecular complexity index is 679. The Morgan fingerprint density at radius 2 is 1.95 bits per heavy atom. The fraction of sp³-hybridized carbons (Fsp3) is 0.188. The molecule has 1 aromatic carbocycles. The molecular formula is C16H17N3O. The SMILES string of the molecule is Cc1noc(C)c1CNc1cccc(-n2cccc2)c1. The fourth-order valence-corrected chi connectivity index (χ4v) is 2.23. The standard InChI is InChI=1S/C16H17N3O/c1-12-16(13(2)20-18-12)11-17-14-6-5-7-15(10-14)19-8-3-4-9-19/h3-10,17H,11H2,1-2H3. The van der Waals surface area contributed by atoms with Gasteiger partial charge in [0.1, 0.15) is 5.76 Å². The minimum absolute atomic E-state index is 0.719. The molecule has 0 bridgehead atoms. The number of hydrogen-bond acceptors (Lipinski definition) is 3. The third kappa shape index (κ3) is 2.45. The lowest BCUT2D eigenvalue weighted by atomic mass is 10.2. The van der Waals surface area contributed by atoms with Crippen molar-refractivity contribution in [1.29, 1.82) is 0 Å². The van der Waals surface area contributed by atoms with Crippen molar-refractivity contribution in [2.24, 2.45) is 0 Å². The van der Waals surface area contributed by atoms with Crippen molar-refractivity contribution in [3.05, 3.63) is 65.8 Å². The van der Waals surface area contributed by atoms with Crippen molar-refractivity contribution in [3.8, 4) is 5.69 Å². The van der Waals surface area contributed by atoms with E-state index in [1.165, 1.54) is 0 Å². The maximum absolute atomic E-state index is 5.17. The first-order valence-electron chi connectivity index (χ1n) is 6.63. The Balaban J connectivity index is 1.77. The molecule has 0 aliphatic carbocycles. The average Bonchev–Trinajstić information content (AvgIpc) is 3.09. The van der Waals surface area contributed by atoms with Crippen LogP contribution >= 0.6 is 0 Å². The van der Waals surface area contributed by atoms with E-state index in [9.17, 15) is 0 Å². The van der Waals surface area contributed by atoms with Crippen LogP contribution in [0.2, 0.25) is 0 Å². The lowest BCUT2D eigenvalue weighted by molar-refractivity contribution is 0.392. The minimum Gasteiger partial charge on any atom is -0.381 e. The van der Waals surface area contributed by atoms with Crippen molar-refractivity contribution in [3.63, 3.8) is 0 Å². The highest BCUT2D eigenvalue weighted by molar-refractivity contribution is 5.51. The van der Waals surface area contributed by atoms with Gasteiger partial charge in [-0.1, -0.05) is 11.2 Å².